The van der Waals surface area contributed by atoms with Crippen molar-refractivity contribution in [2.45, 2.75) is 40.2 Å². The van der Waals surface area contributed by atoms with Crippen LogP contribution in [0, 0.1) is 19.8 Å². The fourth-order valence-electron chi connectivity index (χ4n) is 1.85. The van der Waals surface area contributed by atoms with Gasteiger partial charge < -0.3 is 15.7 Å². The number of nitrogens with one attached hydrogen (secondary N) is 2. The molecular weight excluding hydrogens is 284 g/mol. The maximum absolute atomic E-state index is 12.0. The van der Waals surface area contributed by atoms with Crippen molar-refractivity contribution in [2.75, 3.05) is 5.32 Å². The van der Waals surface area contributed by atoms with Crippen LogP contribution >= 0.6 is 0 Å². The maximum atomic E-state index is 12.0. The molecule has 1 aromatic carbocycles. The van der Waals surface area contributed by atoms with Gasteiger partial charge in [0.05, 0.1) is 6.42 Å². The van der Waals surface area contributed by atoms with E-state index in [1.165, 1.54) is 6.92 Å². The summed E-state index contributed by atoms with van der Waals surface area (Å²) in [7, 11) is 0. The van der Waals surface area contributed by atoms with Crippen molar-refractivity contribution >= 4 is 23.5 Å². The lowest BCUT2D eigenvalue weighted by Crippen LogP contribution is -2.44. The molecule has 2 unspecified atom stereocenters. The molecule has 2 amide bonds. The first-order valence-electron chi connectivity index (χ1n) is 7.11. The first-order chi connectivity index (χ1) is 10.2. The molecule has 0 saturated carbocycles. The number of carboxylic acid groups (broad SMARTS) is 1. The lowest BCUT2D eigenvalue weighted by atomic mass is 10.1. The van der Waals surface area contributed by atoms with Crippen LogP contribution in [-0.2, 0) is 14.4 Å². The molecule has 0 saturated heterocycles. The van der Waals surface area contributed by atoms with Gasteiger partial charge in [0.1, 0.15) is 6.04 Å². The van der Waals surface area contributed by atoms with Gasteiger partial charge in [-0.3, -0.25) is 14.4 Å². The van der Waals surface area contributed by atoms with Crippen LogP contribution in [0.15, 0.2) is 18.2 Å². The van der Waals surface area contributed by atoms with Crippen molar-refractivity contribution in [2.24, 2.45) is 5.92 Å². The van der Waals surface area contributed by atoms with E-state index in [2.05, 4.69) is 10.6 Å². The lowest BCUT2D eigenvalue weighted by Gasteiger charge is -2.17. The monoisotopic (exact) mass is 306 g/mol. The van der Waals surface area contributed by atoms with Gasteiger partial charge in [0.15, 0.2) is 0 Å². The van der Waals surface area contributed by atoms with Crippen LogP contribution in [0.4, 0.5) is 5.69 Å². The van der Waals surface area contributed by atoms with E-state index in [1.54, 1.807) is 13.0 Å². The number of carboxylic acids is 1. The minimum atomic E-state index is -1.05. The molecule has 0 heterocycles. The number of aliphatic carboxylic acids is 1. The molecule has 6 heteroatoms. The van der Waals surface area contributed by atoms with Crippen LogP contribution in [0.25, 0.3) is 0 Å². The number of hydrogen-bond acceptors (Lipinski definition) is 3. The second-order valence-corrected chi connectivity index (χ2v) is 5.52. The Morgan fingerprint density at radius 2 is 1.73 bits per heavy atom. The van der Waals surface area contributed by atoms with Crippen LogP contribution in [0.5, 0.6) is 0 Å². The first-order valence-corrected chi connectivity index (χ1v) is 7.11. The average Bonchev–Trinajstić information content (AvgIpc) is 2.41. The Balaban J connectivity index is 2.59. The topological polar surface area (TPSA) is 95.5 Å². The van der Waals surface area contributed by atoms with Crippen molar-refractivity contribution in [3.05, 3.63) is 29.3 Å². The zero-order chi connectivity index (χ0) is 16.9. The summed E-state index contributed by atoms with van der Waals surface area (Å²) in [6.45, 7) is 7.00. The van der Waals surface area contributed by atoms with E-state index >= 15 is 0 Å². The highest BCUT2D eigenvalue weighted by Crippen LogP contribution is 2.14. The van der Waals surface area contributed by atoms with Gasteiger partial charge in [-0.05, 0) is 44.0 Å². The lowest BCUT2D eigenvalue weighted by molar-refractivity contribution is -0.141. The number of hydrogen-bond donors (Lipinski definition) is 3. The molecule has 0 aliphatic carbocycles. The van der Waals surface area contributed by atoms with Crippen LogP contribution in [0.2, 0.25) is 0 Å². The normalized spacial score (nSPS) is 13.1. The minimum absolute atomic E-state index is 0.267. The quantitative estimate of drug-likeness (QED) is 0.747. The summed E-state index contributed by atoms with van der Waals surface area (Å²) in [5.74, 6) is -2.53. The SMILES string of the molecule is Cc1ccc(NC(=O)C(C)NC(=O)C(C)CC(=O)O)cc1C. The average molecular weight is 306 g/mol. The Labute approximate surface area is 129 Å². The van der Waals surface area contributed by atoms with E-state index in [4.69, 9.17) is 5.11 Å². The highest BCUT2D eigenvalue weighted by molar-refractivity contribution is 5.97. The molecule has 1 rings (SSSR count). The first kappa shape index (κ1) is 17.7. The third-order valence-electron chi connectivity index (χ3n) is 3.45. The van der Waals surface area contributed by atoms with E-state index in [9.17, 15) is 14.4 Å². The van der Waals surface area contributed by atoms with E-state index in [1.807, 2.05) is 26.0 Å². The molecule has 1 aromatic rings. The number of carbonyl (C=O) groups excluding carboxylic acids is 2. The van der Waals surface area contributed by atoms with Crippen molar-refractivity contribution in [3.8, 4) is 0 Å². The summed E-state index contributed by atoms with van der Waals surface area (Å²) in [6, 6.07) is 4.81. The van der Waals surface area contributed by atoms with E-state index < -0.39 is 23.8 Å². The summed E-state index contributed by atoms with van der Waals surface area (Å²) < 4.78 is 0. The summed E-state index contributed by atoms with van der Waals surface area (Å²) in [5, 5.41) is 13.9. The van der Waals surface area contributed by atoms with Gasteiger partial charge >= 0.3 is 5.97 Å². The van der Waals surface area contributed by atoms with Crippen LogP contribution < -0.4 is 10.6 Å². The molecular formula is C16H22N2O4. The fourth-order valence-corrected chi connectivity index (χ4v) is 1.85. The largest absolute Gasteiger partial charge is 0.481 e. The summed E-state index contributed by atoms with van der Waals surface area (Å²) in [6.07, 6.45) is -0.267. The van der Waals surface area contributed by atoms with Crippen molar-refractivity contribution < 1.29 is 19.5 Å². The standard InChI is InChI=1S/C16H22N2O4/c1-9-5-6-13(7-10(9)2)18-16(22)12(4)17-15(21)11(3)8-14(19)20/h5-7,11-12H,8H2,1-4H3,(H,17,21)(H,18,22)(H,19,20). The molecule has 0 aliphatic heterocycles. The molecule has 0 radical (unpaired) electrons. The third-order valence-corrected chi connectivity index (χ3v) is 3.45. The Hall–Kier alpha value is -2.37. The van der Waals surface area contributed by atoms with Gasteiger partial charge in [0, 0.05) is 11.6 Å². The molecule has 22 heavy (non-hydrogen) atoms. The fraction of sp³-hybridized carbons (Fsp3) is 0.438. The third kappa shape index (κ3) is 5.20. The molecule has 0 spiro atoms. The number of carbonyl (C=O) groups is 3. The summed E-state index contributed by atoms with van der Waals surface area (Å²) in [4.78, 5) is 34.4. The summed E-state index contributed by atoms with van der Waals surface area (Å²) in [5.41, 5.74) is 2.85. The Kier molecular flexibility index (Phi) is 6.10. The highest BCUT2D eigenvalue weighted by atomic mass is 16.4. The van der Waals surface area contributed by atoms with Gasteiger partial charge in [-0.1, -0.05) is 13.0 Å². The van der Waals surface area contributed by atoms with Crippen LogP contribution in [-0.4, -0.2) is 28.9 Å². The Morgan fingerprint density at radius 3 is 2.27 bits per heavy atom. The van der Waals surface area contributed by atoms with Gasteiger partial charge in [-0.15, -0.1) is 0 Å². The summed E-state index contributed by atoms with van der Waals surface area (Å²) >= 11 is 0. The maximum Gasteiger partial charge on any atom is 0.304 e. The minimum Gasteiger partial charge on any atom is -0.481 e. The molecule has 6 nitrogen and oxygen atoms in total. The Bertz CT molecular complexity index is 584. The van der Waals surface area contributed by atoms with Gasteiger partial charge in [-0.2, -0.15) is 0 Å². The second kappa shape index (κ2) is 7.59. The zero-order valence-electron chi connectivity index (χ0n) is 13.3. The number of aryl methyl sites for hydroxylation is 2. The molecule has 0 bridgehead atoms. The predicted molar refractivity (Wildman–Crippen MR) is 83.6 cm³/mol. The molecule has 0 fully saturated rings. The molecule has 120 valence electrons. The van der Waals surface area contributed by atoms with Crippen molar-refractivity contribution in [1.82, 2.24) is 5.32 Å². The second-order valence-electron chi connectivity index (χ2n) is 5.52. The zero-order valence-corrected chi connectivity index (χ0v) is 13.3. The van der Waals surface area contributed by atoms with Crippen LogP contribution in [0.3, 0.4) is 0 Å². The van der Waals surface area contributed by atoms with E-state index in [0.717, 1.165) is 11.1 Å². The van der Waals surface area contributed by atoms with Gasteiger partial charge in [0.2, 0.25) is 11.8 Å². The molecule has 2 atom stereocenters. The molecule has 0 aliphatic rings. The number of rotatable bonds is 6. The molecule has 3 N–H and O–H groups in total. The van der Waals surface area contributed by atoms with Crippen molar-refractivity contribution in [3.63, 3.8) is 0 Å². The van der Waals surface area contributed by atoms with E-state index in [0.29, 0.717) is 5.69 Å². The molecule has 0 aromatic heterocycles. The van der Waals surface area contributed by atoms with Crippen LogP contribution in [0.1, 0.15) is 31.4 Å². The number of anilines is 1. The van der Waals surface area contributed by atoms with Gasteiger partial charge in [-0.25, -0.2) is 0 Å². The van der Waals surface area contributed by atoms with Gasteiger partial charge in [0.25, 0.3) is 0 Å². The smallest absolute Gasteiger partial charge is 0.304 e. The highest BCUT2D eigenvalue weighted by Gasteiger charge is 2.21. The number of amides is 2. The number of benzene rings is 1. The van der Waals surface area contributed by atoms with Crippen molar-refractivity contribution in [1.29, 1.82) is 0 Å². The predicted octanol–water partition coefficient (Wildman–Crippen LogP) is 1.86. The van der Waals surface area contributed by atoms with E-state index in [-0.39, 0.29) is 12.3 Å². The Morgan fingerprint density at radius 1 is 1.09 bits per heavy atom.